The summed E-state index contributed by atoms with van der Waals surface area (Å²) in [6.45, 7) is 6.17. The number of sulfonamides is 1. The Morgan fingerprint density at radius 2 is 1.93 bits per heavy atom. The molecule has 0 radical (unpaired) electrons. The lowest BCUT2D eigenvalue weighted by atomic mass is 9.99. The first kappa shape index (κ1) is 22.5. The van der Waals surface area contributed by atoms with E-state index in [9.17, 15) is 18.0 Å². The van der Waals surface area contributed by atoms with Gasteiger partial charge in [0, 0.05) is 18.0 Å². The largest absolute Gasteiger partial charge is 0.462 e. The van der Waals surface area contributed by atoms with E-state index in [1.54, 1.807) is 37.3 Å². The maximum atomic E-state index is 13.0. The van der Waals surface area contributed by atoms with Gasteiger partial charge in [-0.3, -0.25) is 4.79 Å². The average molecular weight is 451 g/mol. The monoisotopic (exact) mass is 450 g/mol. The van der Waals surface area contributed by atoms with Gasteiger partial charge in [0.25, 0.3) is 0 Å². The molecular weight excluding hydrogens is 424 g/mol. The van der Waals surface area contributed by atoms with Crippen LogP contribution in [0.3, 0.4) is 0 Å². The average Bonchev–Trinajstić information content (AvgIpc) is 3.02. The number of piperidine rings is 1. The Kier molecular flexibility index (Phi) is 6.95. The molecule has 1 saturated heterocycles. The van der Waals surface area contributed by atoms with Crippen molar-refractivity contribution in [3.05, 3.63) is 46.3 Å². The molecule has 0 bridgehead atoms. The van der Waals surface area contributed by atoms with Gasteiger partial charge in [0.15, 0.2) is 0 Å². The van der Waals surface area contributed by atoms with Gasteiger partial charge in [-0.25, -0.2) is 13.2 Å². The first-order chi connectivity index (χ1) is 14.3. The molecule has 30 heavy (non-hydrogen) atoms. The number of rotatable bonds is 6. The molecular formula is C21H26N2O5S2. The van der Waals surface area contributed by atoms with E-state index in [4.69, 9.17) is 4.74 Å². The molecule has 1 atom stereocenters. The third-order valence-electron chi connectivity index (χ3n) is 5.24. The lowest BCUT2D eigenvalue weighted by molar-refractivity contribution is -0.120. The molecule has 0 saturated carbocycles. The number of anilines is 1. The maximum Gasteiger partial charge on any atom is 0.341 e. The van der Waals surface area contributed by atoms with Crippen LogP contribution in [-0.2, 0) is 19.6 Å². The van der Waals surface area contributed by atoms with E-state index >= 15 is 0 Å². The summed E-state index contributed by atoms with van der Waals surface area (Å²) in [5.41, 5.74) is 1.16. The van der Waals surface area contributed by atoms with Crippen LogP contribution in [0.1, 0.15) is 40.6 Å². The third kappa shape index (κ3) is 4.58. The fourth-order valence-corrected chi connectivity index (χ4v) is 6.09. The number of nitrogens with one attached hydrogen (secondary N) is 1. The molecule has 0 unspecified atom stereocenters. The van der Waals surface area contributed by atoms with Crippen molar-refractivity contribution in [1.82, 2.24) is 4.31 Å². The van der Waals surface area contributed by atoms with Crippen molar-refractivity contribution in [2.45, 2.75) is 38.5 Å². The van der Waals surface area contributed by atoms with Gasteiger partial charge in [-0.15, -0.1) is 11.3 Å². The highest BCUT2D eigenvalue weighted by molar-refractivity contribution is 7.89. The highest BCUT2D eigenvalue weighted by Gasteiger charge is 2.34. The van der Waals surface area contributed by atoms with Crippen molar-refractivity contribution in [3.63, 3.8) is 0 Å². The van der Waals surface area contributed by atoms with E-state index in [1.165, 1.54) is 15.6 Å². The fourth-order valence-electron chi connectivity index (χ4n) is 3.49. The van der Waals surface area contributed by atoms with Crippen LogP contribution in [0.25, 0.3) is 0 Å². The first-order valence-corrected chi connectivity index (χ1v) is 12.1. The lowest BCUT2D eigenvalue weighted by Gasteiger charge is -2.31. The number of benzene rings is 1. The summed E-state index contributed by atoms with van der Waals surface area (Å²) >= 11 is 1.33. The Hall–Kier alpha value is -2.23. The standard InChI is InChI=1S/C21H26N2O5S2/c1-4-28-21(25)18-14(2)15(3)29-20(18)22-19(24)16-9-8-12-23(13-16)30(26,27)17-10-6-5-7-11-17/h5-7,10-11,16H,4,8-9,12-13H2,1-3H3,(H,22,24)/t16-/m1/s1. The minimum atomic E-state index is -3.65. The molecule has 0 aliphatic carbocycles. The molecule has 7 nitrogen and oxygen atoms in total. The second-order valence-electron chi connectivity index (χ2n) is 7.21. The van der Waals surface area contributed by atoms with Crippen LogP contribution in [-0.4, -0.2) is 44.3 Å². The van der Waals surface area contributed by atoms with Crippen LogP contribution in [0, 0.1) is 19.8 Å². The van der Waals surface area contributed by atoms with Crippen molar-refractivity contribution in [2.75, 3.05) is 25.0 Å². The Bertz CT molecular complexity index is 1030. The number of ether oxygens (including phenoxy) is 1. The van der Waals surface area contributed by atoms with Crippen molar-refractivity contribution in [1.29, 1.82) is 0 Å². The van der Waals surface area contributed by atoms with E-state index < -0.39 is 21.9 Å². The van der Waals surface area contributed by atoms with E-state index in [-0.39, 0.29) is 24.0 Å². The number of thiophene rings is 1. The number of esters is 1. The topological polar surface area (TPSA) is 92.8 Å². The Morgan fingerprint density at radius 3 is 2.60 bits per heavy atom. The molecule has 1 aliphatic rings. The third-order valence-corrected chi connectivity index (χ3v) is 8.24. The zero-order valence-corrected chi connectivity index (χ0v) is 18.9. The zero-order valence-electron chi connectivity index (χ0n) is 17.3. The molecule has 1 fully saturated rings. The van der Waals surface area contributed by atoms with Crippen LogP contribution in [0.2, 0.25) is 0 Å². The molecule has 1 N–H and O–H groups in total. The molecule has 162 valence electrons. The van der Waals surface area contributed by atoms with Gasteiger partial charge >= 0.3 is 5.97 Å². The minimum absolute atomic E-state index is 0.112. The van der Waals surface area contributed by atoms with Gasteiger partial charge in [0.1, 0.15) is 5.00 Å². The number of nitrogens with zero attached hydrogens (tertiary/aromatic N) is 1. The highest BCUT2D eigenvalue weighted by Crippen LogP contribution is 2.34. The van der Waals surface area contributed by atoms with Gasteiger partial charge in [-0.05, 0) is 51.3 Å². The summed E-state index contributed by atoms with van der Waals surface area (Å²) in [5, 5.41) is 3.31. The summed E-state index contributed by atoms with van der Waals surface area (Å²) < 4.78 is 32.3. The number of carbonyl (C=O) groups excluding carboxylic acids is 2. The smallest absolute Gasteiger partial charge is 0.341 e. The SMILES string of the molecule is CCOC(=O)c1c(NC(=O)[C@@H]2CCCN(S(=O)(=O)c3ccccc3)C2)sc(C)c1C. The predicted octanol–water partition coefficient (Wildman–Crippen LogP) is 3.58. The molecule has 3 rings (SSSR count). The van der Waals surface area contributed by atoms with E-state index in [2.05, 4.69) is 5.32 Å². The molecule has 1 aliphatic heterocycles. The quantitative estimate of drug-likeness (QED) is 0.679. The molecule has 1 aromatic carbocycles. The number of amides is 1. The summed E-state index contributed by atoms with van der Waals surface area (Å²) in [7, 11) is -3.65. The minimum Gasteiger partial charge on any atom is -0.462 e. The van der Waals surface area contributed by atoms with Gasteiger partial charge in [0.2, 0.25) is 15.9 Å². The second kappa shape index (κ2) is 9.28. The van der Waals surface area contributed by atoms with Crippen LogP contribution in [0.5, 0.6) is 0 Å². The van der Waals surface area contributed by atoms with Crippen molar-refractivity contribution in [2.24, 2.45) is 5.92 Å². The predicted molar refractivity (Wildman–Crippen MR) is 116 cm³/mol. The number of hydrogen-bond acceptors (Lipinski definition) is 6. The van der Waals surface area contributed by atoms with E-state index in [0.29, 0.717) is 30.0 Å². The van der Waals surface area contributed by atoms with Gasteiger partial charge in [0.05, 0.1) is 23.0 Å². The number of carbonyl (C=O) groups is 2. The van der Waals surface area contributed by atoms with Gasteiger partial charge in [-0.1, -0.05) is 18.2 Å². The van der Waals surface area contributed by atoms with Gasteiger partial charge < -0.3 is 10.1 Å². The van der Waals surface area contributed by atoms with Crippen molar-refractivity contribution < 1.29 is 22.7 Å². The second-order valence-corrected chi connectivity index (χ2v) is 10.4. The Morgan fingerprint density at radius 1 is 1.23 bits per heavy atom. The normalized spacial score (nSPS) is 17.5. The summed E-state index contributed by atoms with van der Waals surface area (Å²) in [6.07, 6.45) is 1.18. The summed E-state index contributed by atoms with van der Waals surface area (Å²) in [4.78, 5) is 26.4. The lowest BCUT2D eigenvalue weighted by Crippen LogP contribution is -2.43. The highest BCUT2D eigenvalue weighted by atomic mass is 32.2. The van der Waals surface area contributed by atoms with Crippen LogP contribution in [0.4, 0.5) is 5.00 Å². The number of aryl methyl sites for hydroxylation is 1. The maximum absolute atomic E-state index is 13.0. The molecule has 0 spiro atoms. The Balaban J connectivity index is 1.77. The molecule has 2 heterocycles. The summed E-state index contributed by atoms with van der Waals surface area (Å²) in [6, 6.07) is 8.24. The first-order valence-electron chi connectivity index (χ1n) is 9.88. The number of hydrogen-bond donors (Lipinski definition) is 1. The van der Waals surface area contributed by atoms with Crippen molar-refractivity contribution >= 4 is 38.2 Å². The van der Waals surface area contributed by atoms with Crippen molar-refractivity contribution in [3.8, 4) is 0 Å². The fraction of sp³-hybridized carbons (Fsp3) is 0.429. The van der Waals surface area contributed by atoms with E-state index in [0.717, 1.165) is 10.4 Å². The Labute approximate surface area is 181 Å². The molecule has 9 heteroatoms. The van der Waals surface area contributed by atoms with Crippen LogP contribution >= 0.6 is 11.3 Å². The molecule has 1 amide bonds. The molecule has 1 aromatic heterocycles. The zero-order chi connectivity index (χ0) is 21.9. The van der Waals surface area contributed by atoms with E-state index in [1.807, 2.05) is 13.8 Å². The van der Waals surface area contributed by atoms with Gasteiger partial charge in [-0.2, -0.15) is 4.31 Å². The summed E-state index contributed by atoms with van der Waals surface area (Å²) in [5.74, 6) is -1.24. The molecule has 2 aromatic rings. The van der Waals surface area contributed by atoms with Crippen LogP contribution in [0.15, 0.2) is 35.2 Å². The van der Waals surface area contributed by atoms with Crippen LogP contribution < -0.4 is 5.32 Å².